The molecule has 43 heavy (non-hydrogen) atoms. The molecule has 1 amide bonds. The van der Waals surface area contributed by atoms with Crippen LogP contribution in [0.3, 0.4) is 0 Å². The number of rotatable bonds is 8. The Hall–Kier alpha value is -4.81. The summed E-state index contributed by atoms with van der Waals surface area (Å²) in [4.78, 5) is 18.7. The average Bonchev–Trinajstić information content (AvgIpc) is 3.42. The molecular weight excluding hydrogens is 534 g/mol. The standard InChI is InChI=1S/C37H37N3O3/c1-27-32(26-33(28-13-7-4-8-14-28)40(27)34-25-31(42-2)19-20-35(34)43-3)37(41)39-23-21-38(22-24-39)36(29-15-9-5-10-16-29)30-17-11-6-12-18-30/h4-20,25-26,36H,21-24H2,1-3H3. The van der Waals surface area contributed by atoms with Gasteiger partial charge in [-0.05, 0) is 41.8 Å². The van der Waals surface area contributed by atoms with Crippen molar-refractivity contribution in [1.82, 2.24) is 14.4 Å². The molecule has 4 aromatic carbocycles. The number of aromatic nitrogens is 1. The van der Waals surface area contributed by atoms with Gasteiger partial charge in [-0.15, -0.1) is 0 Å². The fraction of sp³-hybridized carbons (Fsp3) is 0.216. The number of hydrogen-bond acceptors (Lipinski definition) is 4. The first kappa shape index (κ1) is 28.3. The molecule has 1 saturated heterocycles. The number of nitrogens with zero attached hydrogens (tertiary/aromatic N) is 3. The van der Waals surface area contributed by atoms with E-state index in [4.69, 9.17) is 9.47 Å². The smallest absolute Gasteiger partial charge is 0.255 e. The van der Waals surface area contributed by atoms with Crippen LogP contribution in [0, 0.1) is 6.92 Å². The minimum atomic E-state index is 0.0471. The third-order valence-corrected chi connectivity index (χ3v) is 8.37. The quantitative estimate of drug-likeness (QED) is 0.201. The van der Waals surface area contributed by atoms with Gasteiger partial charge >= 0.3 is 0 Å². The van der Waals surface area contributed by atoms with Gasteiger partial charge in [0.25, 0.3) is 5.91 Å². The summed E-state index contributed by atoms with van der Waals surface area (Å²) in [6, 6.07) is 39.4. The second-order valence-corrected chi connectivity index (χ2v) is 10.8. The van der Waals surface area contributed by atoms with Crippen molar-refractivity contribution >= 4 is 5.91 Å². The molecule has 0 radical (unpaired) electrons. The van der Waals surface area contributed by atoms with E-state index in [2.05, 4.69) is 82.3 Å². The van der Waals surface area contributed by atoms with Crippen molar-refractivity contribution in [2.24, 2.45) is 0 Å². The molecule has 0 spiro atoms. The van der Waals surface area contributed by atoms with Crippen molar-refractivity contribution in [1.29, 1.82) is 0 Å². The summed E-state index contributed by atoms with van der Waals surface area (Å²) in [5.41, 5.74) is 6.87. The lowest BCUT2D eigenvalue weighted by Crippen LogP contribution is -2.50. The van der Waals surface area contributed by atoms with Crippen LogP contribution in [0.15, 0.2) is 115 Å². The zero-order chi connectivity index (χ0) is 29.8. The first-order valence-corrected chi connectivity index (χ1v) is 14.7. The lowest BCUT2D eigenvalue weighted by atomic mass is 9.96. The van der Waals surface area contributed by atoms with Gasteiger partial charge in [-0.2, -0.15) is 0 Å². The number of hydrogen-bond donors (Lipinski definition) is 0. The van der Waals surface area contributed by atoms with Crippen LogP contribution in [-0.2, 0) is 0 Å². The van der Waals surface area contributed by atoms with Crippen LogP contribution in [0.25, 0.3) is 16.9 Å². The summed E-state index contributed by atoms with van der Waals surface area (Å²) in [5.74, 6) is 1.47. The second kappa shape index (κ2) is 12.6. The molecular formula is C37H37N3O3. The van der Waals surface area contributed by atoms with Crippen molar-refractivity contribution in [3.63, 3.8) is 0 Å². The fourth-order valence-corrected chi connectivity index (χ4v) is 6.16. The van der Waals surface area contributed by atoms with E-state index in [1.807, 2.05) is 54.3 Å². The molecule has 1 aromatic heterocycles. The molecule has 1 aliphatic rings. The minimum absolute atomic E-state index is 0.0471. The fourth-order valence-electron chi connectivity index (χ4n) is 6.16. The normalized spacial score (nSPS) is 13.7. The maximum Gasteiger partial charge on any atom is 0.255 e. The molecule has 5 aromatic rings. The van der Waals surface area contributed by atoms with Crippen molar-refractivity contribution in [2.45, 2.75) is 13.0 Å². The number of piperazine rings is 1. The molecule has 0 saturated carbocycles. The van der Waals surface area contributed by atoms with Crippen molar-refractivity contribution < 1.29 is 14.3 Å². The average molecular weight is 572 g/mol. The summed E-state index contributed by atoms with van der Waals surface area (Å²) in [5, 5.41) is 0. The van der Waals surface area contributed by atoms with Crippen molar-refractivity contribution in [3.05, 3.63) is 138 Å². The first-order valence-electron chi connectivity index (χ1n) is 14.7. The molecule has 0 unspecified atom stereocenters. The Morgan fingerprint density at radius 1 is 0.698 bits per heavy atom. The Morgan fingerprint density at radius 3 is 1.84 bits per heavy atom. The number of carbonyl (C=O) groups is 1. The largest absolute Gasteiger partial charge is 0.497 e. The third kappa shape index (κ3) is 5.66. The van der Waals surface area contributed by atoms with Crippen LogP contribution in [0.2, 0.25) is 0 Å². The second-order valence-electron chi connectivity index (χ2n) is 10.8. The first-order chi connectivity index (χ1) is 21.1. The Kier molecular flexibility index (Phi) is 8.29. The highest BCUT2D eigenvalue weighted by Crippen LogP contribution is 2.36. The van der Waals surface area contributed by atoms with Crippen LogP contribution >= 0.6 is 0 Å². The van der Waals surface area contributed by atoms with Crippen LogP contribution in [0.4, 0.5) is 0 Å². The van der Waals surface area contributed by atoms with Crippen LogP contribution in [0.5, 0.6) is 11.5 Å². The minimum Gasteiger partial charge on any atom is -0.497 e. The molecule has 0 atom stereocenters. The zero-order valence-electron chi connectivity index (χ0n) is 24.9. The lowest BCUT2D eigenvalue weighted by molar-refractivity contribution is 0.0596. The monoisotopic (exact) mass is 571 g/mol. The van der Waals surface area contributed by atoms with Gasteiger partial charge in [-0.25, -0.2) is 0 Å². The van der Waals surface area contributed by atoms with Crippen LogP contribution < -0.4 is 9.47 Å². The van der Waals surface area contributed by atoms with E-state index in [1.54, 1.807) is 14.2 Å². The molecule has 6 rings (SSSR count). The van der Waals surface area contributed by atoms with E-state index in [9.17, 15) is 4.79 Å². The molecule has 1 fully saturated rings. The Bertz CT molecular complexity index is 1640. The van der Waals surface area contributed by atoms with E-state index in [-0.39, 0.29) is 11.9 Å². The third-order valence-electron chi connectivity index (χ3n) is 8.37. The van der Waals surface area contributed by atoms with Gasteiger partial charge in [0.1, 0.15) is 11.5 Å². The van der Waals surface area contributed by atoms with Gasteiger partial charge in [0.05, 0.1) is 37.2 Å². The maximum absolute atomic E-state index is 14.2. The lowest BCUT2D eigenvalue weighted by Gasteiger charge is -2.39. The predicted molar refractivity (Wildman–Crippen MR) is 171 cm³/mol. The topological polar surface area (TPSA) is 46.9 Å². The molecule has 0 aliphatic carbocycles. The summed E-state index contributed by atoms with van der Waals surface area (Å²) >= 11 is 0. The molecule has 0 bridgehead atoms. The molecule has 6 nitrogen and oxygen atoms in total. The van der Waals surface area contributed by atoms with E-state index < -0.39 is 0 Å². The van der Waals surface area contributed by atoms with Crippen LogP contribution in [-0.4, -0.2) is 60.7 Å². The SMILES string of the molecule is COc1ccc(OC)c(-n2c(-c3ccccc3)cc(C(=O)N3CCN(C(c4ccccc4)c4ccccc4)CC3)c2C)c1. The highest BCUT2D eigenvalue weighted by molar-refractivity contribution is 5.97. The summed E-state index contributed by atoms with van der Waals surface area (Å²) in [7, 11) is 3.32. The van der Waals surface area contributed by atoms with E-state index in [0.717, 1.165) is 41.5 Å². The van der Waals surface area contributed by atoms with Gasteiger partial charge in [0.2, 0.25) is 0 Å². The highest BCUT2D eigenvalue weighted by atomic mass is 16.5. The highest BCUT2D eigenvalue weighted by Gasteiger charge is 2.31. The van der Waals surface area contributed by atoms with Gasteiger partial charge in [0, 0.05) is 37.9 Å². The van der Waals surface area contributed by atoms with Gasteiger partial charge < -0.3 is 18.9 Å². The maximum atomic E-state index is 14.2. The Labute approximate surface area is 253 Å². The number of ether oxygens (including phenoxy) is 2. The molecule has 0 N–H and O–H groups in total. The van der Waals surface area contributed by atoms with Gasteiger partial charge in [-0.1, -0.05) is 91.0 Å². The summed E-state index contributed by atoms with van der Waals surface area (Å²) in [6.07, 6.45) is 0. The molecule has 1 aliphatic heterocycles. The van der Waals surface area contributed by atoms with Crippen molar-refractivity contribution in [3.8, 4) is 28.4 Å². The predicted octanol–water partition coefficient (Wildman–Crippen LogP) is 7.02. The summed E-state index contributed by atoms with van der Waals surface area (Å²) in [6.45, 7) is 4.89. The van der Waals surface area contributed by atoms with Crippen molar-refractivity contribution in [2.75, 3.05) is 40.4 Å². The van der Waals surface area contributed by atoms with Gasteiger partial charge in [0.15, 0.2) is 0 Å². The van der Waals surface area contributed by atoms with E-state index in [1.165, 1.54) is 11.1 Å². The number of methoxy groups -OCH3 is 2. The Balaban J connectivity index is 1.32. The zero-order valence-corrected chi connectivity index (χ0v) is 24.9. The van der Waals surface area contributed by atoms with Gasteiger partial charge in [-0.3, -0.25) is 9.69 Å². The van der Waals surface area contributed by atoms with Crippen LogP contribution in [0.1, 0.15) is 33.2 Å². The van der Waals surface area contributed by atoms with E-state index in [0.29, 0.717) is 24.4 Å². The summed E-state index contributed by atoms with van der Waals surface area (Å²) < 4.78 is 13.4. The number of benzene rings is 4. The Morgan fingerprint density at radius 2 is 1.28 bits per heavy atom. The number of amides is 1. The molecule has 218 valence electrons. The molecule has 2 heterocycles. The molecule has 6 heteroatoms. The van der Waals surface area contributed by atoms with E-state index >= 15 is 0 Å². The number of carbonyl (C=O) groups excluding carboxylic acids is 1.